The van der Waals surface area contributed by atoms with Crippen LogP contribution in [0.25, 0.3) is 16.7 Å². The second-order valence-corrected chi connectivity index (χ2v) is 8.12. The maximum atomic E-state index is 13.6. The van der Waals surface area contributed by atoms with Gasteiger partial charge in [0.1, 0.15) is 5.82 Å². The van der Waals surface area contributed by atoms with E-state index < -0.39 is 17.3 Å². The van der Waals surface area contributed by atoms with Gasteiger partial charge in [-0.1, -0.05) is 12.1 Å². The number of aromatic nitrogens is 4. The van der Waals surface area contributed by atoms with E-state index in [1.807, 2.05) is 19.1 Å². The number of carbonyl (C=O) groups excluding carboxylic acids is 1. The van der Waals surface area contributed by atoms with Crippen LogP contribution in [0.4, 0.5) is 13.2 Å². The van der Waals surface area contributed by atoms with E-state index in [4.69, 9.17) is 0 Å². The first-order valence-corrected chi connectivity index (χ1v) is 10.3. The number of H-pyrrole nitrogens is 1. The average molecular weight is 439 g/mol. The monoisotopic (exact) mass is 439 g/mol. The maximum Gasteiger partial charge on any atom is 0.416 e. The molecule has 0 spiro atoms. The third-order valence-corrected chi connectivity index (χ3v) is 6.09. The Balaban J connectivity index is 1.54. The number of benzene rings is 2. The van der Waals surface area contributed by atoms with Crippen LogP contribution in [0.1, 0.15) is 41.5 Å². The third kappa shape index (κ3) is 3.24. The molecule has 4 aromatic rings. The van der Waals surface area contributed by atoms with E-state index in [2.05, 4.69) is 15.1 Å². The van der Waals surface area contributed by atoms with Gasteiger partial charge in [-0.25, -0.2) is 9.67 Å². The van der Waals surface area contributed by atoms with Gasteiger partial charge in [-0.15, -0.1) is 0 Å². The lowest BCUT2D eigenvalue weighted by Gasteiger charge is -2.34. The van der Waals surface area contributed by atoms with Crippen LogP contribution in [0, 0.1) is 0 Å². The number of likely N-dealkylation sites (tertiary alicyclic amines) is 1. The fourth-order valence-electron chi connectivity index (χ4n) is 4.39. The van der Waals surface area contributed by atoms with Crippen molar-refractivity contribution in [3.63, 3.8) is 0 Å². The van der Waals surface area contributed by atoms with Crippen molar-refractivity contribution < 1.29 is 18.0 Å². The van der Waals surface area contributed by atoms with E-state index in [0.717, 1.165) is 18.6 Å². The Bertz CT molecular complexity index is 1290. The summed E-state index contributed by atoms with van der Waals surface area (Å²) in [6, 6.07) is 12.4. The number of aromatic amines is 1. The highest BCUT2D eigenvalue weighted by Crippen LogP contribution is 2.40. The Labute approximate surface area is 181 Å². The van der Waals surface area contributed by atoms with Gasteiger partial charge in [-0.3, -0.25) is 4.79 Å². The molecule has 0 radical (unpaired) electrons. The third-order valence-electron chi connectivity index (χ3n) is 6.09. The van der Waals surface area contributed by atoms with E-state index in [1.54, 1.807) is 40.2 Å². The van der Waals surface area contributed by atoms with Crippen LogP contribution in [-0.2, 0) is 11.7 Å². The molecule has 164 valence electrons. The SMILES string of the molecule is C[C@@]1(c2nc3ccc(C(F)(F)F)cc3[nH]2)CCCN1C(=O)c1ccccc1-n1cccn1. The average Bonchev–Trinajstić information content (AvgIpc) is 3.52. The van der Waals surface area contributed by atoms with Gasteiger partial charge in [0.05, 0.1) is 33.4 Å². The number of imidazole rings is 1. The molecule has 3 heterocycles. The van der Waals surface area contributed by atoms with Gasteiger partial charge in [0.25, 0.3) is 5.91 Å². The zero-order chi connectivity index (χ0) is 22.5. The van der Waals surface area contributed by atoms with Crippen molar-refractivity contribution in [2.75, 3.05) is 6.54 Å². The molecular weight excluding hydrogens is 419 g/mol. The number of nitrogens with one attached hydrogen (secondary N) is 1. The molecule has 2 aromatic heterocycles. The van der Waals surface area contributed by atoms with Crippen LogP contribution in [0.5, 0.6) is 0 Å². The molecule has 0 saturated carbocycles. The van der Waals surface area contributed by atoms with Crippen molar-refractivity contribution in [1.29, 1.82) is 0 Å². The number of nitrogens with zero attached hydrogens (tertiary/aromatic N) is 4. The molecule has 2 aromatic carbocycles. The van der Waals surface area contributed by atoms with Crippen molar-refractivity contribution >= 4 is 16.9 Å². The molecule has 1 amide bonds. The topological polar surface area (TPSA) is 66.8 Å². The van der Waals surface area contributed by atoms with Crippen molar-refractivity contribution in [2.45, 2.75) is 31.5 Å². The van der Waals surface area contributed by atoms with E-state index in [1.165, 1.54) is 6.07 Å². The van der Waals surface area contributed by atoms with Crippen LogP contribution in [0.3, 0.4) is 0 Å². The molecule has 1 saturated heterocycles. The van der Waals surface area contributed by atoms with Crippen molar-refractivity contribution in [2.24, 2.45) is 0 Å². The number of hydrogen-bond donors (Lipinski definition) is 1. The van der Waals surface area contributed by atoms with Crippen LogP contribution in [0.15, 0.2) is 60.9 Å². The molecule has 0 unspecified atom stereocenters. The lowest BCUT2D eigenvalue weighted by atomic mass is 9.97. The first-order chi connectivity index (χ1) is 15.3. The second-order valence-electron chi connectivity index (χ2n) is 8.12. The van der Waals surface area contributed by atoms with Crippen molar-refractivity contribution in [3.05, 3.63) is 77.9 Å². The zero-order valence-electron chi connectivity index (χ0n) is 17.2. The van der Waals surface area contributed by atoms with E-state index in [0.29, 0.717) is 41.1 Å². The van der Waals surface area contributed by atoms with Crippen LogP contribution in [-0.4, -0.2) is 37.1 Å². The highest BCUT2D eigenvalue weighted by molar-refractivity contribution is 5.98. The van der Waals surface area contributed by atoms with Crippen molar-refractivity contribution in [1.82, 2.24) is 24.6 Å². The summed E-state index contributed by atoms with van der Waals surface area (Å²) in [6.07, 6.45) is 0.387. The summed E-state index contributed by atoms with van der Waals surface area (Å²) in [7, 11) is 0. The highest BCUT2D eigenvalue weighted by atomic mass is 19.4. The predicted octanol–water partition coefficient (Wildman–Crippen LogP) is 4.92. The normalized spacial score (nSPS) is 19.1. The summed E-state index contributed by atoms with van der Waals surface area (Å²) in [5, 5.41) is 4.24. The summed E-state index contributed by atoms with van der Waals surface area (Å²) < 4.78 is 41.0. The molecule has 1 fully saturated rings. The summed E-state index contributed by atoms with van der Waals surface area (Å²) in [5.41, 5.74) is 0.387. The number of carbonyl (C=O) groups is 1. The fourth-order valence-corrected chi connectivity index (χ4v) is 4.39. The van der Waals surface area contributed by atoms with E-state index in [9.17, 15) is 18.0 Å². The van der Waals surface area contributed by atoms with E-state index in [-0.39, 0.29) is 5.91 Å². The number of hydrogen-bond acceptors (Lipinski definition) is 3. The number of halogens is 3. The lowest BCUT2D eigenvalue weighted by molar-refractivity contribution is -0.137. The van der Waals surface area contributed by atoms with Gasteiger partial charge in [0.2, 0.25) is 0 Å². The van der Waals surface area contributed by atoms with Gasteiger partial charge in [-0.2, -0.15) is 18.3 Å². The molecule has 0 bridgehead atoms. The summed E-state index contributed by atoms with van der Waals surface area (Å²) in [6.45, 7) is 2.42. The number of fused-ring (bicyclic) bond motifs is 1. The van der Waals surface area contributed by atoms with Gasteiger partial charge in [0, 0.05) is 18.9 Å². The quantitative estimate of drug-likeness (QED) is 0.493. The van der Waals surface area contributed by atoms with Crippen LogP contribution >= 0.6 is 0 Å². The predicted molar refractivity (Wildman–Crippen MR) is 112 cm³/mol. The van der Waals surface area contributed by atoms with Gasteiger partial charge < -0.3 is 9.88 Å². The number of alkyl halides is 3. The Morgan fingerprint density at radius 2 is 1.97 bits per heavy atom. The largest absolute Gasteiger partial charge is 0.416 e. The minimum Gasteiger partial charge on any atom is -0.340 e. The first-order valence-electron chi connectivity index (χ1n) is 10.3. The summed E-state index contributed by atoms with van der Waals surface area (Å²) in [4.78, 5) is 23.0. The molecule has 9 heteroatoms. The molecule has 5 rings (SSSR count). The molecule has 0 aliphatic carbocycles. The standard InChI is InChI=1S/C23H20F3N5O/c1-22(21-28-17-9-8-15(23(24,25)26)14-18(17)29-21)10-4-12-30(22)20(32)16-6-2-3-7-19(16)31-13-5-11-27-31/h2-3,5-9,11,13-14H,4,10,12H2,1H3,(H,28,29)/t22-/m0/s1. The summed E-state index contributed by atoms with van der Waals surface area (Å²) in [5.74, 6) is 0.307. The molecule has 32 heavy (non-hydrogen) atoms. The zero-order valence-corrected chi connectivity index (χ0v) is 17.2. The number of rotatable bonds is 3. The molecular formula is C23H20F3N5O. The Morgan fingerprint density at radius 3 is 2.72 bits per heavy atom. The number of para-hydroxylation sites is 1. The highest BCUT2D eigenvalue weighted by Gasteiger charge is 2.44. The second kappa shape index (κ2) is 7.22. The minimum atomic E-state index is -4.44. The van der Waals surface area contributed by atoms with Gasteiger partial charge >= 0.3 is 6.18 Å². The Morgan fingerprint density at radius 1 is 1.16 bits per heavy atom. The van der Waals surface area contributed by atoms with Crippen molar-refractivity contribution in [3.8, 4) is 5.69 Å². The maximum absolute atomic E-state index is 13.6. The van der Waals surface area contributed by atoms with Crippen LogP contribution < -0.4 is 0 Å². The minimum absolute atomic E-state index is 0.174. The molecule has 1 atom stereocenters. The van der Waals surface area contributed by atoms with E-state index >= 15 is 0 Å². The smallest absolute Gasteiger partial charge is 0.340 e. The lowest BCUT2D eigenvalue weighted by Crippen LogP contribution is -2.44. The number of amides is 1. The molecule has 6 nitrogen and oxygen atoms in total. The molecule has 1 N–H and O–H groups in total. The summed E-state index contributed by atoms with van der Waals surface area (Å²) >= 11 is 0. The van der Waals surface area contributed by atoms with Gasteiger partial charge in [-0.05, 0) is 56.2 Å². The Hall–Kier alpha value is -3.62. The first kappa shape index (κ1) is 20.3. The Kier molecular flexibility index (Phi) is 4.58. The fraction of sp³-hybridized carbons (Fsp3) is 0.261. The molecule has 1 aliphatic heterocycles. The molecule has 1 aliphatic rings. The van der Waals surface area contributed by atoms with Crippen LogP contribution in [0.2, 0.25) is 0 Å². The van der Waals surface area contributed by atoms with Gasteiger partial charge in [0.15, 0.2) is 0 Å².